The van der Waals surface area contributed by atoms with Gasteiger partial charge in [0.25, 0.3) is 0 Å². The molecule has 1 amide bonds. The largest absolute Gasteiger partial charge is 0.449 e. The number of ether oxygens (including phenoxy) is 1. The molecule has 1 saturated heterocycles. The Hall–Kier alpha value is -1.22. The van der Waals surface area contributed by atoms with Gasteiger partial charge in [-0.05, 0) is 18.1 Å². The minimum Gasteiger partial charge on any atom is -0.449 e. The summed E-state index contributed by atoms with van der Waals surface area (Å²) in [7, 11) is 0. The Morgan fingerprint density at radius 3 is 2.80 bits per heavy atom. The molecular weight excluding hydrogens is 214 g/mol. The van der Waals surface area contributed by atoms with E-state index >= 15 is 0 Å². The van der Waals surface area contributed by atoms with Crippen molar-refractivity contribution in [2.45, 2.75) is 19.4 Å². The fraction of sp³-hybridized carbons (Fsp3) is 0.364. The predicted octanol–water partition coefficient (Wildman–Crippen LogP) is 2.59. The van der Waals surface area contributed by atoms with Crippen molar-refractivity contribution in [2.75, 3.05) is 6.61 Å². The van der Waals surface area contributed by atoms with Gasteiger partial charge >= 0.3 is 6.09 Å². The smallest absolute Gasteiger partial charge is 0.407 e. The summed E-state index contributed by atoms with van der Waals surface area (Å²) >= 11 is 0. The summed E-state index contributed by atoms with van der Waals surface area (Å²) in [4.78, 5) is 11.0. The number of nitrogens with one attached hydrogen (secondary N) is 1. The van der Waals surface area contributed by atoms with Crippen LogP contribution in [0.1, 0.15) is 23.6 Å². The topological polar surface area (TPSA) is 38.3 Å². The van der Waals surface area contributed by atoms with Gasteiger partial charge in [0, 0.05) is 6.42 Å². The van der Waals surface area contributed by atoms with Gasteiger partial charge in [-0.3, -0.25) is 0 Å². The van der Waals surface area contributed by atoms with Crippen LogP contribution in [0, 0.1) is 6.92 Å². The van der Waals surface area contributed by atoms with Crippen molar-refractivity contribution in [2.24, 2.45) is 0 Å². The van der Waals surface area contributed by atoms with Gasteiger partial charge in [-0.2, -0.15) is 0 Å². The standard InChI is InChI=1S/C11H13NO2.ClH/c1-8-4-2-3-5-9(8)10-6-7-14-11(13)12-10;/h2-5,10H,6-7H2,1H3,(H,12,13);1H/t10-;/m1./s1. The molecule has 1 aromatic carbocycles. The number of cyclic esters (lactones) is 1. The van der Waals surface area contributed by atoms with Crippen molar-refractivity contribution < 1.29 is 9.53 Å². The van der Waals surface area contributed by atoms with Crippen LogP contribution in [0.2, 0.25) is 0 Å². The van der Waals surface area contributed by atoms with Crippen molar-refractivity contribution >= 4 is 18.5 Å². The molecule has 0 aliphatic carbocycles. The molecule has 0 radical (unpaired) electrons. The van der Waals surface area contributed by atoms with Gasteiger partial charge in [-0.25, -0.2) is 4.79 Å². The average molecular weight is 228 g/mol. The predicted molar refractivity (Wildman–Crippen MR) is 60.3 cm³/mol. The summed E-state index contributed by atoms with van der Waals surface area (Å²) in [6, 6.07) is 8.20. The molecule has 0 bridgehead atoms. The molecule has 1 N–H and O–H groups in total. The van der Waals surface area contributed by atoms with E-state index in [1.807, 2.05) is 18.2 Å². The Bertz CT molecular complexity index is 354. The Morgan fingerprint density at radius 2 is 2.13 bits per heavy atom. The zero-order valence-electron chi connectivity index (χ0n) is 8.53. The number of benzene rings is 1. The fourth-order valence-corrected chi connectivity index (χ4v) is 1.74. The van der Waals surface area contributed by atoms with E-state index in [0.717, 1.165) is 6.42 Å². The second kappa shape index (κ2) is 5.03. The van der Waals surface area contributed by atoms with Crippen LogP contribution >= 0.6 is 12.4 Å². The highest BCUT2D eigenvalue weighted by Crippen LogP contribution is 2.22. The number of hydrogen-bond donors (Lipinski definition) is 1. The third-order valence-electron chi connectivity index (χ3n) is 2.50. The zero-order chi connectivity index (χ0) is 9.97. The number of hydrogen-bond acceptors (Lipinski definition) is 2. The van der Waals surface area contributed by atoms with Crippen molar-refractivity contribution in [1.82, 2.24) is 5.32 Å². The molecule has 0 unspecified atom stereocenters. The van der Waals surface area contributed by atoms with Crippen LogP contribution in [-0.2, 0) is 4.74 Å². The summed E-state index contributed by atoms with van der Waals surface area (Å²) < 4.78 is 4.82. The third-order valence-corrected chi connectivity index (χ3v) is 2.50. The van der Waals surface area contributed by atoms with Gasteiger partial charge in [-0.1, -0.05) is 24.3 Å². The van der Waals surface area contributed by atoms with Gasteiger partial charge in [0.15, 0.2) is 0 Å². The van der Waals surface area contributed by atoms with Crippen LogP contribution in [-0.4, -0.2) is 12.7 Å². The highest BCUT2D eigenvalue weighted by atomic mass is 35.5. The molecule has 2 rings (SSSR count). The van der Waals surface area contributed by atoms with Gasteiger partial charge < -0.3 is 10.1 Å². The van der Waals surface area contributed by atoms with E-state index in [4.69, 9.17) is 4.74 Å². The summed E-state index contributed by atoms with van der Waals surface area (Å²) in [5.41, 5.74) is 2.39. The lowest BCUT2D eigenvalue weighted by Crippen LogP contribution is -2.35. The molecule has 0 aromatic heterocycles. The SMILES string of the molecule is Cc1ccccc1[C@H]1CCOC(=O)N1.Cl. The molecule has 0 saturated carbocycles. The van der Waals surface area contributed by atoms with E-state index < -0.39 is 0 Å². The quantitative estimate of drug-likeness (QED) is 0.801. The molecule has 1 aromatic rings. The third kappa shape index (κ3) is 2.63. The molecule has 1 atom stereocenters. The maximum atomic E-state index is 11.0. The first kappa shape index (κ1) is 11.9. The zero-order valence-corrected chi connectivity index (χ0v) is 9.34. The first-order valence-corrected chi connectivity index (χ1v) is 4.76. The lowest BCUT2D eigenvalue weighted by Gasteiger charge is -2.24. The normalized spacial score (nSPS) is 19.8. The van der Waals surface area contributed by atoms with E-state index in [9.17, 15) is 4.79 Å². The highest BCUT2D eigenvalue weighted by molar-refractivity contribution is 5.85. The number of carbonyl (C=O) groups excluding carboxylic acids is 1. The van der Waals surface area contributed by atoms with Crippen LogP contribution in [0.4, 0.5) is 4.79 Å². The molecule has 1 heterocycles. The minimum atomic E-state index is -0.315. The first-order valence-electron chi connectivity index (χ1n) is 4.76. The van der Waals surface area contributed by atoms with E-state index in [2.05, 4.69) is 18.3 Å². The Labute approximate surface area is 95.2 Å². The van der Waals surface area contributed by atoms with Crippen LogP contribution in [0.3, 0.4) is 0 Å². The van der Waals surface area contributed by atoms with Crippen molar-refractivity contribution in [3.05, 3.63) is 35.4 Å². The second-order valence-corrected chi connectivity index (χ2v) is 3.48. The van der Waals surface area contributed by atoms with Crippen LogP contribution < -0.4 is 5.32 Å². The van der Waals surface area contributed by atoms with Crippen LogP contribution in [0.5, 0.6) is 0 Å². The number of aryl methyl sites for hydroxylation is 1. The van der Waals surface area contributed by atoms with E-state index in [-0.39, 0.29) is 24.5 Å². The van der Waals surface area contributed by atoms with Gasteiger partial charge in [0.2, 0.25) is 0 Å². The number of carbonyl (C=O) groups is 1. The maximum Gasteiger partial charge on any atom is 0.407 e. The van der Waals surface area contributed by atoms with Gasteiger partial charge in [-0.15, -0.1) is 12.4 Å². The molecule has 82 valence electrons. The number of rotatable bonds is 1. The second-order valence-electron chi connectivity index (χ2n) is 3.48. The average Bonchev–Trinajstić information content (AvgIpc) is 2.18. The summed E-state index contributed by atoms with van der Waals surface area (Å²) in [5, 5.41) is 2.81. The van der Waals surface area contributed by atoms with Crippen molar-refractivity contribution in [3.63, 3.8) is 0 Å². The van der Waals surface area contributed by atoms with E-state index in [0.29, 0.717) is 6.61 Å². The molecule has 1 fully saturated rings. The molecule has 0 spiro atoms. The summed E-state index contributed by atoms with van der Waals surface area (Å²) in [6.07, 6.45) is 0.529. The molecule has 15 heavy (non-hydrogen) atoms. The number of alkyl carbamates (subject to hydrolysis) is 1. The first-order chi connectivity index (χ1) is 6.77. The monoisotopic (exact) mass is 227 g/mol. The van der Waals surface area contributed by atoms with Crippen LogP contribution in [0.15, 0.2) is 24.3 Å². The maximum absolute atomic E-state index is 11.0. The van der Waals surface area contributed by atoms with Crippen LogP contribution in [0.25, 0.3) is 0 Å². The molecule has 4 heteroatoms. The number of amides is 1. The lowest BCUT2D eigenvalue weighted by molar-refractivity contribution is 0.115. The lowest BCUT2D eigenvalue weighted by atomic mass is 9.99. The molecule has 1 aliphatic heterocycles. The van der Waals surface area contributed by atoms with Gasteiger partial charge in [0.05, 0.1) is 12.6 Å². The highest BCUT2D eigenvalue weighted by Gasteiger charge is 2.21. The summed E-state index contributed by atoms with van der Waals surface area (Å²) in [6.45, 7) is 2.56. The minimum absolute atomic E-state index is 0. The Balaban J connectivity index is 0.00000112. The van der Waals surface area contributed by atoms with Crippen molar-refractivity contribution in [1.29, 1.82) is 0 Å². The van der Waals surface area contributed by atoms with E-state index in [1.165, 1.54) is 11.1 Å². The fourth-order valence-electron chi connectivity index (χ4n) is 1.74. The summed E-state index contributed by atoms with van der Waals surface area (Å²) in [5.74, 6) is 0. The number of halogens is 1. The van der Waals surface area contributed by atoms with Crippen molar-refractivity contribution in [3.8, 4) is 0 Å². The molecule has 1 aliphatic rings. The molecular formula is C11H14ClNO2. The Kier molecular flexibility index (Phi) is 3.97. The Morgan fingerprint density at radius 1 is 1.40 bits per heavy atom. The van der Waals surface area contributed by atoms with Gasteiger partial charge in [0.1, 0.15) is 0 Å². The molecule has 3 nitrogen and oxygen atoms in total. The van der Waals surface area contributed by atoms with E-state index in [1.54, 1.807) is 0 Å².